The summed E-state index contributed by atoms with van der Waals surface area (Å²) in [4.78, 5) is 22.5. The van der Waals surface area contributed by atoms with Gasteiger partial charge in [0.05, 0.1) is 6.20 Å². The molecule has 0 atom stereocenters. The van der Waals surface area contributed by atoms with E-state index in [1.807, 2.05) is 0 Å². The average molecular weight is 213 g/mol. The van der Waals surface area contributed by atoms with Crippen LogP contribution in [0.15, 0.2) is 35.5 Å². The van der Waals surface area contributed by atoms with Gasteiger partial charge in [-0.3, -0.25) is 14.9 Å². The topological polar surface area (TPSA) is 87.3 Å². The van der Waals surface area contributed by atoms with Crippen LogP contribution in [0.3, 0.4) is 0 Å². The van der Waals surface area contributed by atoms with Crippen molar-refractivity contribution in [3.63, 3.8) is 0 Å². The fourth-order valence-corrected chi connectivity index (χ4v) is 1.49. The molecule has 3 aromatic heterocycles. The van der Waals surface area contributed by atoms with E-state index < -0.39 is 0 Å². The molecule has 3 aromatic rings. The predicted octanol–water partition coefficient (Wildman–Crippen LogP) is 0.708. The van der Waals surface area contributed by atoms with E-state index in [4.69, 9.17) is 0 Å². The number of aromatic nitrogens is 5. The Balaban J connectivity index is 2.30. The van der Waals surface area contributed by atoms with Gasteiger partial charge in [0.1, 0.15) is 11.2 Å². The van der Waals surface area contributed by atoms with Crippen molar-refractivity contribution < 1.29 is 0 Å². The number of pyridine rings is 1. The van der Waals surface area contributed by atoms with E-state index in [1.54, 1.807) is 24.5 Å². The van der Waals surface area contributed by atoms with Crippen molar-refractivity contribution in [2.24, 2.45) is 0 Å². The Labute approximate surface area is 89.4 Å². The summed E-state index contributed by atoms with van der Waals surface area (Å²) in [6.07, 6.45) is 4.75. The van der Waals surface area contributed by atoms with Gasteiger partial charge in [-0.1, -0.05) is 0 Å². The van der Waals surface area contributed by atoms with Crippen molar-refractivity contribution in [1.82, 2.24) is 25.1 Å². The zero-order chi connectivity index (χ0) is 11.0. The second-order valence-electron chi connectivity index (χ2n) is 3.28. The van der Waals surface area contributed by atoms with E-state index in [9.17, 15) is 4.79 Å². The standard InChI is InChI=1S/C10H7N5O/c16-10-7-5-12-15-9(7)13-8(14-10)6-1-3-11-4-2-6/h1-5H,(H2,12,13,14,15,16). The first-order valence-corrected chi connectivity index (χ1v) is 4.68. The van der Waals surface area contributed by atoms with Crippen LogP contribution in [0.5, 0.6) is 0 Å². The number of rotatable bonds is 1. The molecule has 0 saturated heterocycles. The second kappa shape index (κ2) is 3.27. The molecular formula is C10H7N5O. The summed E-state index contributed by atoms with van der Waals surface area (Å²) in [7, 11) is 0. The zero-order valence-electron chi connectivity index (χ0n) is 8.14. The minimum Gasteiger partial charge on any atom is -0.306 e. The van der Waals surface area contributed by atoms with E-state index in [1.165, 1.54) is 6.20 Å². The number of aromatic amines is 2. The first-order chi connectivity index (χ1) is 7.84. The molecule has 0 spiro atoms. The molecule has 2 N–H and O–H groups in total. The van der Waals surface area contributed by atoms with Gasteiger partial charge in [0, 0.05) is 18.0 Å². The lowest BCUT2D eigenvalue weighted by Crippen LogP contribution is -2.08. The number of nitrogens with one attached hydrogen (secondary N) is 2. The molecule has 3 heterocycles. The van der Waals surface area contributed by atoms with Gasteiger partial charge in [-0.2, -0.15) is 5.10 Å². The third-order valence-corrected chi connectivity index (χ3v) is 2.27. The molecule has 78 valence electrons. The van der Waals surface area contributed by atoms with Crippen molar-refractivity contribution in [3.8, 4) is 11.4 Å². The second-order valence-corrected chi connectivity index (χ2v) is 3.28. The van der Waals surface area contributed by atoms with Crippen molar-refractivity contribution in [2.45, 2.75) is 0 Å². The molecular weight excluding hydrogens is 206 g/mol. The monoisotopic (exact) mass is 213 g/mol. The summed E-state index contributed by atoms with van der Waals surface area (Å²) < 4.78 is 0. The maximum atomic E-state index is 11.7. The van der Waals surface area contributed by atoms with Crippen molar-refractivity contribution in [3.05, 3.63) is 41.1 Å². The molecule has 0 aliphatic rings. The van der Waals surface area contributed by atoms with Gasteiger partial charge >= 0.3 is 0 Å². The van der Waals surface area contributed by atoms with Crippen molar-refractivity contribution in [1.29, 1.82) is 0 Å². The summed E-state index contributed by atoms with van der Waals surface area (Å²) in [6.45, 7) is 0. The van der Waals surface area contributed by atoms with Crippen LogP contribution < -0.4 is 5.56 Å². The lowest BCUT2D eigenvalue weighted by atomic mass is 10.2. The molecule has 0 amide bonds. The molecule has 6 nitrogen and oxygen atoms in total. The maximum Gasteiger partial charge on any atom is 0.262 e. The predicted molar refractivity (Wildman–Crippen MR) is 57.7 cm³/mol. The van der Waals surface area contributed by atoms with Gasteiger partial charge in [0.25, 0.3) is 5.56 Å². The van der Waals surface area contributed by atoms with E-state index in [0.29, 0.717) is 16.9 Å². The molecule has 0 saturated carbocycles. The Morgan fingerprint density at radius 3 is 2.81 bits per heavy atom. The van der Waals surface area contributed by atoms with Crippen molar-refractivity contribution >= 4 is 11.0 Å². The maximum absolute atomic E-state index is 11.7. The number of hydrogen-bond donors (Lipinski definition) is 2. The lowest BCUT2D eigenvalue weighted by molar-refractivity contribution is 1.09. The molecule has 0 aliphatic carbocycles. The quantitative estimate of drug-likeness (QED) is 0.623. The normalized spacial score (nSPS) is 10.8. The highest BCUT2D eigenvalue weighted by Crippen LogP contribution is 2.13. The summed E-state index contributed by atoms with van der Waals surface area (Å²) in [6, 6.07) is 3.56. The molecule has 0 unspecified atom stereocenters. The Hall–Kier alpha value is -2.50. The summed E-state index contributed by atoms with van der Waals surface area (Å²) in [5, 5.41) is 6.91. The van der Waals surface area contributed by atoms with Gasteiger partial charge in [0.2, 0.25) is 0 Å². The minimum absolute atomic E-state index is 0.203. The lowest BCUT2D eigenvalue weighted by Gasteiger charge is -1.99. The van der Waals surface area contributed by atoms with E-state index in [0.717, 1.165) is 5.56 Å². The van der Waals surface area contributed by atoms with Crippen LogP contribution in [-0.2, 0) is 0 Å². The molecule has 0 aromatic carbocycles. The molecule has 0 aliphatic heterocycles. The van der Waals surface area contributed by atoms with Gasteiger partial charge in [-0.05, 0) is 12.1 Å². The first kappa shape index (κ1) is 8.78. The number of nitrogens with zero attached hydrogens (tertiary/aromatic N) is 3. The highest BCUT2D eigenvalue weighted by atomic mass is 16.1. The van der Waals surface area contributed by atoms with Crippen LogP contribution in [0.2, 0.25) is 0 Å². The third-order valence-electron chi connectivity index (χ3n) is 2.27. The van der Waals surface area contributed by atoms with E-state index in [2.05, 4.69) is 25.1 Å². The van der Waals surface area contributed by atoms with Gasteiger partial charge in [-0.15, -0.1) is 0 Å². The van der Waals surface area contributed by atoms with Crippen LogP contribution >= 0.6 is 0 Å². The fraction of sp³-hybridized carbons (Fsp3) is 0. The molecule has 6 heteroatoms. The van der Waals surface area contributed by atoms with Crippen LogP contribution in [0.1, 0.15) is 0 Å². The average Bonchev–Trinajstić information content (AvgIpc) is 2.79. The van der Waals surface area contributed by atoms with E-state index in [-0.39, 0.29) is 5.56 Å². The smallest absolute Gasteiger partial charge is 0.262 e. The molecule has 0 radical (unpaired) electrons. The Bertz CT molecular complexity index is 685. The van der Waals surface area contributed by atoms with Crippen LogP contribution in [0, 0.1) is 0 Å². The summed E-state index contributed by atoms with van der Waals surface area (Å²) in [5.74, 6) is 0.504. The van der Waals surface area contributed by atoms with Crippen LogP contribution in [0.25, 0.3) is 22.4 Å². The largest absolute Gasteiger partial charge is 0.306 e. The van der Waals surface area contributed by atoms with E-state index >= 15 is 0 Å². The molecule has 0 fully saturated rings. The highest BCUT2D eigenvalue weighted by molar-refractivity contribution is 5.74. The van der Waals surface area contributed by atoms with Crippen molar-refractivity contribution in [2.75, 3.05) is 0 Å². The Morgan fingerprint density at radius 1 is 1.19 bits per heavy atom. The minimum atomic E-state index is -0.203. The Kier molecular flexibility index (Phi) is 1.79. The molecule has 0 bridgehead atoms. The zero-order valence-corrected chi connectivity index (χ0v) is 8.14. The van der Waals surface area contributed by atoms with Gasteiger partial charge in [-0.25, -0.2) is 4.98 Å². The van der Waals surface area contributed by atoms with Gasteiger partial charge in [0.15, 0.2) is 5.65 Å². The van der Waals surface area contributed by atoms with Gasteiger partial charge < -0.3 is 4.98 Å². The number of fused-ring (bicyclic) bond motifs is 1. The summed E-state index contributed by atoms with van der Waals surface area (Å²) in [5.41, 5.74) is 1.09. The number of hydrogen-bond acceptors (Lipinski definition) is 4. The third kappa shape index (κ3) is 1.28. The van der Waals surface area contributed by atoms with Crippen LogP contribution in [-0.4, -0.2) is 25.1 Å². The summed E-state index contributed by atoms with van der Waals surface area (Å²) >= 11 is 0. The molecule has 16 heavy (non-hydrogen) atoms. The Morgan fingerprint density at radius 2 is 2.00 bits per heavy atom. The SMILES string of the molecule is O=c1[nH]c(-c2ccncc2)nc2[nH]ncc12. The molecule has 3 rings (SSSR count). The number of H-pyrrole nitrogens is 2. The highest BCUT2D eigenvalue weighted by Gasteiger charge is 2.06. The van der Waals surface area contributed by atoms with Crippen LogP contribution in [0.4, 0.5) is 0 Å². The first-order valence-electron chi connectivity index (χ1n) is 4.68. The fourth-order valence-electron chi connectivity index (χ4n) is 1.49.